The van der Waals surface area contributed by atoms with E-state index < -0.39 is 32.9 Å². The van der Waals surface area contributed by atoms with E-state index in [9.17, 15) is 23.7 Å². The van der Waals surface area contributed by atoms with Crippen LogP contribution in [0.1, 0.15) is 20.8 Å². The van der Waals surface area contributed by atoms with E-state index in [2.05, 4.69) is 0 Å². The molecular weight excluding hydrogens is 214 g/mol. The fourth-order valence-electron chi connectivity index (χ4n) is 1.51. The van der Waals surface area contributed by atoms with Gasteiger partial charge in [0.25, 0.3) is 0 Å². The lowest BCUT2D eigenvalue weighted by Gasteiger charge is -2.40. The van der Waals surface area contributed by atoms with Crippen molar-refractivity contribution in [2.24, 2.45) is 0 Å². The third-order valence-corrected chi connectivity index (χ3v) is 3.87. The number of aliphatic hydroxyl groups excluding tert-OH is 3. The van der Waals surface area contributed by atoms with Crippen molar-refractivity contribution in [3.8, 4) is 0 Å². The predicted molar refractivity (Wildman–Crippen MR) is 46.9 cm³/mol. The number of nitrogens with zero attached hydrogens (tertiary/aromatic N) is 1. The molecule has 0 spiro atoms. The van der Waals surface area contributed by atoms with E-state index in [1.54, 1.807) is 0 Å². The summed E-state index contributed by atoms with van der Waals surface area (Å²) in [5.74, 6) is 0. The highest BCUT2D eigenvalue weighted by Crippen LogP contribution is 2.25. The third kappa shape index (κ3) is 1.90. The summed E-state index contributed by atoms with van der Waals surface area (Å²) in [7, 11) is -4.84. The van der Waals surface area contributed by atoms with Gasteiger partial charge in [-0.05, 0) is 0 Å². The third-order valence-electron chi connectivity index (χ3n) is 2.15. The number of rotatable bonds is 4. The van der Waals surface area contributed by atoms with Crippen molar-refractivity contribution < 1.29 is 32.2 Å². The first kappa shape index (κ1) is 13.8. The molecule has 0 rings (SSSR count). The van der Waals surface area contributed by atoms with E-state index in [4.69, 9.17) is 4.55 Å². The van der Waals surface area contributed by atoms with Crippen molar-refractivity contribution in [1.82, 2.24) is 0 Å². The zero-order chi connectivity index (χ0) is 11.7. The molecule has 0 heterocycles. The van der Waals surface area contributed by atoms with Crippen LogP contribution >= 0.6 is 0 Å². The minimum atomic E-state index is -4.84. The SMILES string of the molecule is CC(O)[N+](C(C)O)(C(C)O)S(=O)(=O)O. The van der Waals surface area contributed by atoms with E-state index in [-0.39, 0.29) is 0 Å². The van der Waals surface area contributed by atoms with Crippen molar-refractivity contribution in [1.29, 1.82) is 0 Å². The summed E-state index contributed by atoms with van der Waals surface area (Å²) >= 11 is 0. The maximum absolute atomic E-state index is 11.0. The van der Waals surface area contributed by atoms with Crippen LogP contribution in [-0.2, 0) is 10.3 Å². The number of aliphatic hydroxyl groups is 3. The van der Waals surface area contributed by atoms with Crippen molar-refractivity contribution >= 4 is 10.3 Å². The van der Waals surface area contributed by atoms with Gasteiger partial charge in [-0.3, -0.25) is 0 Å². The highest BCUT2D eigenvalue weighted by Gasteiger charge is 2.53. The van der Waals surface area contributed by atoms with Crippen LogP contribution in [0.5, 0.6) is 0 Å². The molecule has 14 heavy (non-hydrogen) atoms. The number of quaternary nitrogens is 1. The van der Waals surface area contributed by atoms with Gasteiger partial charge in [0, 0.05) is 20.8 Å². The van der Waals surface area contributed by atoms with Crippen LogP contribution in [0.3, 0.4) is 0 Å². The Hall–Kier alpha value is -0.250. The molecule has 0 radical (unpaired) electrons. The van der Waals surface area contributed by atoms with Crippen LogP contribution in [0.2, 0.25) is 0 Å². The molecule has 3 unspecified atom stereocenters. The van der Waals surface area contributed by atoms with Gasteiger partial charge in [0.05, 0.1) is 0 Å². The minimum Gasteiger partial charge on any atom is -0.344 e. The molecule has 3 atom stereocenters. The van der Waals surface area contributed by atoms with E-state index in [0.717, 1.165) is 20.8 Å². The fraction of sp³-hybridized carbons (Fsp3) is 1.00. The van der Waals surface area contributed by atoms with Gasteiger partial charge in [-0.15, -0.1) is 12.3 Å². The topological polar surface area (TPSA) is 115 Å². The fourth-order valence-corrected chi connectivity index (χ4v) is 2.67. The second-order valence-electron chi connectivity index (χ2n) is 3.11. The first-order valence-corrected chi connectivity index (χ1v) is 5.38. The normalized spacial score (nSPS) is 23.6. The molecule has 0 aliphatic rings. The number of hydrogen-bond donors (Lipinski definition) is 4. The van der Waals surface area contributed by atoms with Crippen LogP contribution in [0.15, 0.2) is 0 Å². The molecule has 0 aromatic rings. The average molecular weight is 230 g/mol. The van der Waals surface area contributed by atoms with E-state index in [1.165, 1.54) is 0 Å². The summed E-state index contributed by atoms with van der Waals surface area (Å²) in [6, 6.07) is 0. The molecule has 0 aromatic carbocycles. The smallest absolute Gasteiger partial charge is 0.344 e. The molecule has 0 amide bonds. The molecular formula is C6H16NO6S+. The minimum absolute atomic E-state index is 1.05. The predicted octanol–water partition coefficient (Wildman–Crippen LogP) is -1.38. The van der Waals surface area contributed by atoms with Crippen LogP contribution < -0.4 is 0 Å². The van der Waals surface area contributed by atoms with Crippen LogP contribution in [-0.4, -0.2) is 50.9 Å². The van der Waals surface area contributed by atoms with Crippen molar-refractivity contribution in [2.45, 2.75) is 39.5 Å². The first-order chi connectivity index (χ1) is 6.08. The quantitative estimate of drug-likeness (QED) is 0.269. The van der Waals surface area contributed by atoms with Crippen LogP contribution in [0.4, 0.5) is 0 Å². The molecule has 7 nitrogen and oxygen atoms in total. The zero-order valence-corrected chi connectivity index (χ0v) is 9.01. The van der Waals surface area contributed by atoms with Gasteiger partial charge >= 0.3 is 10.3 Å². The maximum atomic E-state index is 11.0. The van der Waals surface area contributed by atoms with E-state index in [1.807, 2.05) is 0 Å². The molecule has 4 N–H and O–H groups in total. The lowest BCUT2D eigenvalue weighted by molar-refractivity contribution is -0.942. The van der Waals surface area contributed by atoms with Gasteiger partial charge in [-0.1, -0.05) is 0 Å². The second kappa shape index (κ2) is 4.09. The standard InChI is InChI=1S/C6H15NO6S/c1-4(8)7(5(2)9,6(3)10)14(11,12)13/h4-6,8-10H,1-3H3/p+1. The summed E-state index contributed by atoms with van der Waals surface area (Å²) in [5.41, 5.74) is 0. The van der Waals surface area contributed by atoms with Crippen molar-refractivity contribution in [3.63, 3.8) is 0 Å². The maximum Gasteiger partial charge on any atom is 0.439 e. The summed E-state index contributed by atoms with van der Waals surface area (Å²) in [5, 5.41) is 27.8. The molecule has 0 bridgehead atoms. The van der Waals surface area contributed by atoms with Gasteiger partial charge in [-0.25, -0.2) is 4.55 Å². The lowest BCUT2D eigenvalue weighted by Crippen LogP contribution is -2.67. The van der Waals surface area contributed by atoms with Crippen LogP contribution in [0.25, 0.3) is 0 Å². The zero-order valence-electron chi connectivity index (χ0n) is 8.19. The summed E-state index contributed by atoms with van der Waals surface area (Å²) in [6.45, 7) is 3.15. The Morgan fingerprint density at radius 2 is 1.14 bits per heavy atom. The van der Waals surface area contributed by atoms with E-state index >= 15 is 0 Å². The Balaban J connectivity index is 5.66. The highest BCUT2D eigenvalue weighted by molar-refractivity contribution is 7.80. The Morgan fingerprint density at radius 3 is 1.14 bits per heavy atom. The average Bonchev–Trinajstić information content (AvgIpc) is 1.79. The van der Waals surface area contributed by atoms with Crippen molar-refractivity contribution in [3.05, 3.63) is 0 Å². The summed E-state index contributed by atoms with van der Waals surface area (Å²) in [6.07, 6.45) is -4.99. The van der Waals surface area contributed by atoms with Gasteiger partial charge in [-0.2, -0.15) is 0 Å². The van der Waals surface area contributed by atoms with Crippen LogP contribution in [0, 0.1) is 0 Å². The van der Waals surface area contributed by atoms with Crippen molar-refractivity contribution in [2.75, 3.05) is 0 Å². The largest absolute Gasteiger partial charge is 0.439 e. The molecule has 0 aromatic heterocycles. The van der Waals surface area contributed by atoms with E-state index in [0.29, 0.717) is 0 Å². The Kier molecular flexibility index (Phi) is 4.02. The molecule has 0 aliphatic heterocycles. The van der Waals surface area contributed by atoms with Gasteiger partial charge in [0.2, 0.25) is 18.7 Å². The lowest BCUT2D eigenvalue weighted by atomic mass is 10.4. The molecule has 0 saturated carbocycles. The first-order valence-electron chi connectivity index (χ1n) is 3.98. The summed E-state index contributed by atoms with van der Waals surface area (Å²) < 4.78 is 29.3. The Morgan fingerprint density at radius 1 is 0.929 bits per heavy atom. The highest BCUT2D eigenvalue weighted by atomic mass is 32.2. The molecule has 86 valence electrons. The molecule has 0 aliphatic carbocycles. The molecule has 0 saturated heterocycles. The Labute approximate surface area is 82.7 Å². The second-order valence-corrected chi connectivity index (χ2v) is 4.64. The monoisotopic (exact) mass is 230 g/mol. The summed E-state index contributed by atoms with van der Waals surface area (Å²) in [4.78, 5) is 0. The molecule has 8 heteroatoms. The van der Waals surface area contributed by atoms with Gasteiger partial charge in [0.15, 0.2) is 0 Å². The Bertz CT molecular complexity index is 261. The number of hydrogen-bond acceptors (Lipinski definition) is 5. The van der Waals surface area contributed by atoms with Gasteiger partial charge < -0.3 is 15.3 Å². The molecule has 0 fully saturated rings. The van der Waals surface area contributed by atoms with Gasteiger partial charge in [0.1, 0.15) is 0 Å².